The lowest BCUT2D eigenvalue weighted by Gasteiger charge is -2.13. The predicted octanol–water partition coefficient (Wildman–Crippen LogP) is 10.6. The molecule has 0 spiro atoms. The Labute approximate surface area is 251 Å². The van der Waals surface area contributed by atoms with Crippen LogP contribution in [0.25, 0.3) is 93.6 Å². The number of nitrogens with zero attached hydrogens (tertiary/aromatic N) is 3. The van der Waals surface area contributed by atoms with Crippen molar-refractivity contribution in [3.63, 3.8) is 0 Å². The van der Waals surface area contributed by atoms with Crippen molar-refractivity contribution in [1.29, 1.82) is 0 Å². The molecule has 0 aliphatic heterocycles. The zero-order chi connectivity index (χ0) is 28.8. The van der Waals surface area contributed by atoms with E-state index in [0.29, 0.717) is 0 Å². The maximum Gasteiger partial charge on any atom is 0.159 e. The highest BCUT2D eigenvalue weighted by Crippen LogP contribution is 2.45. The Bertz CT molecular complexity index is 2700. The van der Waals surface area contributed by atoms with E-state index in [2.05, 4.69) is 120 Å². The smallest absolute Gasteiger partial charge is 0.159 e. The van der Waals surface area contributed by atoms with E-state index in [9.17, 15) is 0 Å². The summed E-state index contributed by atoms with van der Waals surface area (Å²) in [6.45, 7) is 0. The van der Waals surface area contributed by atoms with Gasteiger partial charge < -0.3 is 8.98 Å². The van der Waals surface area contributed by atoms with E-state index in [1.165, 1.54) is 37.9 Å². The summed E-state index contributed by atoms with van der Waals surface area (Å²) in [5, 5.41) is 8.28. The number of fused-ring (bicyclic) bond motifs is 6. The van der Waals surface area contributed by atoms with Crippen molar-refractivity contribution in [2.45, 2.75) is 0 Å². The van der Waals surface area contributed by atoms with Gasteiger partial charge in [-0.3, -0.25) is 0 Å². The van der Waals surface area contributed by atoms with Crippen LogP contribution in [0, 0.1) is 0 Å². The van der Waals surface area contributed by atoms with Crippen LogP contribution in [-0.4, -0.2) is 14.5 Å². The Balaban J connectivity index is 1.28. The Kier molecular flexibility index (Phi) is 4.69. The third-order valence-corrected chi connectivity index (χ3v) is 8.99. The van der Waals surface area contributed by atoms with Crippen molar-refractivity contribution in [3.05, 3.63) is 140 Å². The molecule has 0 bridgehead atoms. The molecule has 0 N–H and O–H groups in total. The highest BCUT2D eigenvalue weighted by Gasteiger charge is 2.20. The van der Waals surface area contributed by atoms with Crippen molar-refractivity contribution in [1.82, 2.24) is 14.5 Å². The van der Waals surface area contributed by atoms with Gasteiger partial charge in [-0.2, -0.15) is 0 Å². The van der Waals surface area contributed by atoms with E-state index >= 15 is 0 Å². The topological polar surface area (TPSA) is 43.9 Å². The minimum Gasteiger partial charge on any atom is -0.456 e. The number of para-hydroxylation sites is 1. The van der Waals surface area contributed by atoms with Crippen LogP contribution in [0.5, 0.6) is 0 Å². The van der Waals surface area contributed by atoms with Gasteiger partial charge in [0.15, 0.2) is 5.82 Å². The molecule has 4 nitrogen and oxygen atoms in total. The van der Waals surface area contributed by atoms with Crippen LogP contribution in [0.2, 0.25) is 0 Å². The maximum absolute atomic E-state index is 6.49. The molecule has 3 heterocycles. The van der Waals surface area contributed by atoms with Gasteiger partial charge in [0.25, 0.3) is 0 Å². The predicted molar refractivity (Wildman–Crippen MR) is 181 cm³/mol. The molecule has 44 heavy (non-hydrogen) atoms. The number of rotatable bonds is 3. The van der Waals surface area contributed by atoms with Crippen LogP contribution in [0.1, 0.15) is 0 Å². The molecule has 0 fully saturated rings. The zero-order valence-electron chi connectivity index (χ0n) is 23.5. The molecule has 0 saturated heterocycles. The lowest BCUT2D eigenvalue weighted by Crippen LogP contribution is -1.96. The van der Waals surface area contributed by atoms with Gasteiger partial charge in [-0.1, -0.05) is 97.1 Å². The van der Waals surface area contributed by atoms with Crippen molar-refractivity contribution < 1.29 is 4.42 Å². The molecule has 4 heteroatoms. The Morgan fingerprint density at radius 2 is 1.23 bits per heavy atom. The molecule has 0 aliphatic carbocycles. The second kappa shape index (κ2) is 8.76. The first-order valence-corrected chi connectivity index (χ1v) is 14.8. The standard InChI is InChI=1S/C40H23N3O/c1-3-10-24(11-4-1)26-20-32-28-19-18-27(22-31(28)29-15-9-17-35-37(29)38(32)36(21-26)44-35)43-33-16-8-7-14-30(33)39-34(43)23-41-40(42-39)25-12-5-2-6-13-25/h1-23H. The van der Waals surface area contributed by atoms with Crippen LogP contribution >= 0.6 is 0 Å². The second-order valence-corrected chi connectivity index (χ2v) is 11.4. The first-order chi connectivity index (χ1) is 21.8. The van der Waals surface area contributed by atoms with Gasteiger partial charge >= 0.3 is 0 Å². The first-order valence-electron chi connectivity index (χ1n) is 14.8. The van der Waals surface area contributed by atoms with Gasteiger partial charge in [0, 0.05) is 27.4 Å². The first kappa shape index (κ1) is 23.6. The fourth-order valence-corrected chi connectivity index (χ4v) is 7.05. The van der Waals surface area contributed by atoms with E-state index in [4.69, 9.17) is 14.4 Å². The van der Waals surface area contributed by atoms with Gasteiger partial charge in [0.05, 0.1) is 17.2 Å². The molecule has 10 rings (SSSR count). The van der Waals surface area contributed by atoms with Crippen molar-refractivity contribution in [3.8, 4) is 28.2 Å². The minimum absolute atomic E-state index is 0.730. The normalized spacial score (nSPS) is 12.1. The molecule has 0 atom stereocenters. The quantitative estimate of drug-likeness (QED) is 0.202. The third kappa shape index (κ3) is 3.22. The van der Waals surface area contributed by atoms with Gasteiger partial charge in [-0.15, -0.1) is 0 Å². The van der Waals surface area contributed by atoms with Gasteiger partial charge in [0.2, 0.25) is 0 Å². The fourth-order valence-electron chi connectivity index (χ4n) is 7.05. The molecular weight excluding hydrogens is 538 g/mol. The molecule has 0 radical (unpaired) electrons. The van der Waals surface area contributed by atoms with Crippen LogP contribution < -0.4 is 0 Å². The van der Waals surface area contributed by atoms with E-state index in [-0.39, 0.29) is 0 Å². The third-order valence-electron chi connectivity index (χ3n) is 8.99. The lowest BCUT2D eigenvalue weighted by atomic mass is 9.92. The fraction of sp³-hybridized carbons (Fsp3) is 0. The van der Waals surface area contributed by atoms with Gasteiger partial charge in [-0.05, 0) is 69.1 Å². The van der Waals surface area contributed by atoms with E-state index in [0.717, 1.165) is 55.7 Å². The molecule has 204 valence electrons. The highest BCUT2D eigenvalue weighted by molar-refractivity contribution is 6.33. The number of hydrogen-bond donors (Lipinski definition) is 0. The highest BCUT2D eigenvalue weighted by atomic mass is 16.3. The molecule has 0 amide bonds. The average molecular weight is 562 g/mol. The summed E-state index contributed by atoms with van der Waals surface area (Å²) in [5.74, 6) is 0.730. The molecule has 7 aromatic carbocycles. The van der Waals surface area contributed by atoms with Crippen LogP contribution in [0.15, 0.2) is 144 Å². The summed E-state index contributed by atoms with van der Waals surface area (Å²) in [7, 11) is 0. The van der Waals surface area contributed by atoms with E-state index in [1.807, 2.05) is 24.4 Å². The van der Waals surface area contributed by atoms with Crippen LogP contribution in [-0.2, 0) is 0 Å². The van der Waals surface area contributed by atoms with Gasteiger partial charge in [0.1, 0.15) is 16.7 Å². The summed E-state index contributed by atoms with van der Waals surface area (Å²) in [6, 6.07) is 46.9. The summed E-state index contributed by atoms with van der Waals surface area (Å²) in [5.41, 5.74) is 9.29. The summed E-state index contributed by atoms with van der Waals surface area (Å²) < 4.78 is 8.78. The average Bonchev–Trinajstić information content (AvgIpc) is 3.64. The second-order valence-electron chi connectivity index (χ2n) is 11.4. The maximum atomic E-state index is 6.49. The summed E-state index contributed by atoms with van der Waals surface area (Å²) in [6.07, 6.45) is 1.96. The van der Waals surface area contributed by atoms with E-state index < -0.39 is 0 Å². The Morgan fingerprint density at radius 3 is 2.09 bits per heavy atom. The summed E-state index contributed by atoms with van der Waals surface area (Å²) in [4.78, 5) is 9.90. The number of aromatic nitrogens is 3. The number of benzene rings is 7. The molecule has 10 aromatic rings. The SMILES string of the molecule is c1ccc(-c2cc3oc4cccc5c6cc(-n7c8ccccc8c8nc(-c9ccccc9)ncc87)ccc6c(c2)c3c45)cc1. The zero-order valence-corrected chi connectivity index (χ0v) is 23.5. The van der Waals surface area contributed by atoms with E-state index in [1.54, 1.807) is 0 Å². The largest absolute Gasteiger partial charge is 0.456 e. The van der Waals surface area contributed by atoms with Crippen molar-refractivity contribution in [2.75, 3.05) is 0 Å². The summed E-state index contributed by atoms with van der Waals surface area (Å²) >= 11 is 0. The Hall–Kier alpha value is -6.00. The van der Waals surface area contributed by atoms with Crippen molar-refractivity contribution in [2.24, 2.45) is 0 Å². The number of furan rings is 1. The molecular formula is C40H23N3O. The molecule has 0 saturated carbocycles. The van der Waals surface area contributed by atoms with Crippen LogP contribution in [0.4, 0.5) is 0 Å². The Morgan fingerprint density at radius 1 is 0.477 bits per heavy atom. The van der Waals surface area contributed by atoms with Crippen molar-refractivity contribution >= 4 is 65.4 Å². The monoisotopic (exact) mass is 561 g/mol. The molecule has 0 aliphatic rings. The molecule has 0 unspecified atom stereocenters. The number of hydrogen-bond acceptors (Lipinski definition) is 3. The molecule has 3 aromatic heterocycles. The van der Waals surface area contributed by atoms with Crippen LogP contribution in [0.3, 0.4) is 0 Å². The minimum atomic E-state index is 0.730. The van der Waals surface area contributed by atoms with Gasteiger partial charge in [-0.25, -0.2) is 9.97 Å². The lowest BCUT2D eigenvalue weighted by molar-refractivity contribution is 0.669.